The van der Waals surface area contributed by atoms with E-state index in [1.54, 1.807) is 0 Å². The smallest absolute Gasteiger partial charge is 0.249 e. The van der Waals surface area contributed by atoms with Gasteiger partial charge in [-0.05, 0) is 44.9 Å². The Kier molecular flexibility index (Phi) is 35.6. The lowest BCUT2D eigenvalue weighted by atomic mass is 10.00. The summed E-state index contributed by atoms with van der Waals surface area (Å²) in [5.41, 5.74) is 0. The van der Waals surface area contributed by atoms with E-state index < -0.39 is 30.3 Å². The van der Waals surface area contributed by atoms with Crippen LogP contribution in [-0.2, 0) is 4.79 Å². The summed E-state index contributed by atoms with van der Waals surface area (Å²) in [5, 5.41) is 43.5. The van der Waals surface area contributed by atoms with Gasteiger partial charge in [0.05, 0.1) is 24.9 Å². The fourth-order valence-corrected chi connectivity index (χ4v) is 6.39. The lowest BCUT2D eigenvalue weighted by molar-refractivity contribution is -0.131. The predicted octanol–water partition coefficient (Wildman–Crippen LogP) is 10.2. The van der Waals surface area contributed by atoms with Gasteiger partial charge in [0.1, 0.15) is 6.10 Å². The third kappa shape index (κ3) is 32.0. The molecule has 0 rings (SSSR count). The number of aliphatic hydroxyl groups excluding tert-OH is 4. The van der Waals surface area contributed by atoms with Crippen LogP contribution in [0.4, 0.5) is 0 Å². The highest BCUT2D eigenvalue weighted by atomic mass is 16.3. The van der Waals surface area contributed by atoms with Crippen molar-refractivity contribution in [3.8, 4) is 0 Å². The Bertz CT molecular complexity index is 672. The van der Waals surface area contributed by atoms with E-state index in [1.165, 1.54) is 141 Å². The van der Waals surface area contributed by atoms with E-state index in [0.29, 0.717) is 12.8 Å². The molecule has 280 valence electrons. The monoisotopic (exact) mass is 668 g/mol. The highest BCUT2D eigenvalue weighted by molar-refractivity contribution is 5.80. The number of hydrogen-bond acceptors (Lipinski definition) is 5. The third-order valence-corrected chi connectivity index (χ3v) is 9.68. The van der Waals surface area contributed by atoms with Crippen LogP contribution in [0.3, 0.4) is 0 Å². The zero-order valence-corrected chi connectivity index (χ0v) is 31.3. The first-order valence-corrected chi connectivity index (χ1v) is 20.6. The summed E-state index contributed by atoms with van der Waals surface area (Å²) < 4.78 is 0. The van der Waals surface area contributed by atoms with Crippen LogP contribution >= 0.6 is 0 Å². The molecule has 4 atom stereocenters. The van der Waals surface area contributed by atoms with Crippen molar-refractivity contribution in [2.24, 2.45) is 0 Å². The molecule has 6 heteroatoms. The van der Waals surface area contributed by atoms with Gasteiger partial charge in [-0.1, -0.05) is 180 Å². The van der Waals surface area contributed by atoms with Gasteiger partial charge in [0, 0.05) is 0 Å². The first kappa shape index (κ1) is 46.0. The Morgan fingerprint density at radius 1 is 0.511 bits per heavy atom. The Morgan fingerprint density at radius 3 is 1.32 bits per heavy atom. The van der Waals surface area contributed by atoms with E-state index in [1.807, 2.05) is 0 Å². The summed E-state index contributed by atoms with van der Waals surface area (Å²) in [6, 6.07) is -0.691. The van der Waals surface area contributed by atoms with Crippen molar-refractivity contribution < 1.29 is 25.2 Å². The lowest BCUT2D eigenvalue weighted by Crippen LogP contribution is -2.46. The minimum absolute atomic E-state index is 0.0589. The number of amides is 1. The Balaban J connectivity index is 3.75. The second-order valence-corrected chi connectivity index (χ2v) is 14.4. The van der Waals surface area contributed by atoms with Crippen molar-refractivity contribution in [2.45, 2.75) is 237 Å². The maximum atomic E-state index is 12.5. The highest BCUT2D eigenvalue weighted by Gasteiger charge is 2.24. The van der Waals surface area contributed by atoms with Gasteiger partial charge in [0.25, 0.3) is 0 Å². The second-order valence-electron chi connectivity index (χ2n) is 14.4. The summed E-state index contributed by atoms with van der Waals surface area (Å²) >= 11 is 0. The van der Waals surface area contributed by atoms with E-state index in [9.17, 15) is 25.2 Å². The van der Waals surface area contributed by atoms with Crippen LogP contribution in [0.2, 0.25) is 0 Å². The molecule has 0 radical (unpaired) electrons. The van der Waals surface area contributed by atoms with E-state index in [0.717, 1.165) is 38.5 Å². The maximum Gasteiger partial charge on any atom is 0.249 e. The largest absolute Gasteiger partial charge is 0.394 e. The first-order chi connectivity index (χ1) is 23.0. The molecule has 0 heterocycles. The zero-order valence-electron chi connectivity index (χ0n) is 31.3. The lowest BCUT2D eigenvalue weighted by Gasteiger charge is -2.24. The number of rotatable bonds is 37. The summed E-state index contributed by atoms with van der Waals surface area (Å²) in [7, 11) is 0. The number of nitrogens with one attached hydrogen (secondary N) is 1. The SMILES string of the molecule is CCCCCCCCCC=CCCCC(O)C(O)CC(CO)NC(=O)C(O)CCCCCCCCCCCCCCCCCCCC. The molecule has 0 aliphatic carbocycles. The topological polar surface area (TPSA) is 110 Å². The van der Waals surface area contributed by atoms with Gasteiger partial charge in [-0.2, -0.15) is 0 Å². The minimum atomic E-state index is -1.11. The third-order valence-electron chi connectivity index (χ3n) is 9.68. The molecule has 0 aliphatic heterocycles. The molecule has 0 saturated carbocycles. The first-order valence-electron chi connectivity index (χ1n) is 20.6. The van der Waals surface area contributed by atoms with Crippen LogP contribution in [0.25, 0.3) is 0 Å². The molecule has 0 bridgehead atoms. The van der Waals surface area contributed by atoms with Crippen LogP contribution in [-0.4, -0.2) is 57.3 Å². The van der Waals surface area contributed by atoms with Gasteiger partial charge in [-0.25, -0.2) is 0 Å². The van der Waals surface area contributed by atoms with Crippen LogP contribution < -0.4 is 5.32 Å². The Labute approximate surface area is 292 Å². The molecule has 6 nitrogen and oxygen atoms in total. The van der Waals surface area contributed by atoms with Gasteiger partial charge >= 0.3 is 0 Å². The molecule has 1 amide bonds. The molecule has 0 aromatic heterocycles. The predicted molar refractivity (Wildman–Crippen MR) is 201 cm³/mol. The zero-order chi connectivity index (χ0) is 34.6. The fraction of sp³-hybridized carbons (Fsp3) is 0.927. The maximum absolute atomic E-state index is 12.5. The number of allylic oxidation sites excluding steroid dienone is 2. The molecule has 5 N–H and O–H groups in total. The molecule has 0 fully saturated rings. The summed E-state index contributed by atoms with van der Waals surface area (Å²) in [6.07, 6.45) is 37.6. The van der Waals surface area contributed by atoms with Gasteiger partial charge < -0.3 is 25.7 Å². The summed E-state index contributed by atoms with van der Waals surface area (Å²) in [5.74, 6) is -0.510. The molecule has 0 aliphatic rings. The van der Waals surface area contributed by atoms with Gasteiger partial charge in [-0.3, -0.25) is 4.79 Å². The van der Waals surface area contributed by atoms with E-state index in [-0.39, 0.29) is 13.0 Å². The average molecular weight is 668 g/mol. The number of carbonyl (C=O) groups is 1. The normalized spacial score (nSPS) is 14.4. The van der Waals surface area contributed by atoms with Crippen molar-refractivity contribution in [3.05, 3.63) is 12.2 Å². The highest BCUT2D eigenvalue weighted by Crippen LogP contribution is 2.16. The van der Waals surface area contributed by atoms with E-state index in [4.69, 9.17) is 0 Å². The van der Waals surface area contributed by atoms with Crippen molar-refractivity contribution in [2.75, 3.05) is 6.61 Å². The fourth-order valence-electron chi connectivity index (χ4n) is 6.39. The molecule has 47 heavy (non-hydrogen) atoms. The summed E-state index contributed by atoms with van der Waals surface area (Å²) in [6.45, 7) is 4.17. The number of carbonyl (C=O) groups excluding carboxylic acids is 1. The van der Waals surface area contributed by atoms with Crippen molar-refractivity contribution in [1.29, 1.82) is 0 Å². The quantitative estimate of drug-likeness (QED) is 0.0335. The Morgan fingerprint density at radius 2 is 0.894 bits per heavy atom. The Hall–Kier alpha value is -0.950. The average Bonchev–Trinajstić information content (AvgIpc) is 3.07. The molecule has 4 unspecified atom stereocenters. The van der Waals surface area contributed by atoms with E-state index >= 15 is 0 Å². The van der Waals surface area contributed by atoms with Crippen LogP contribution in [0, 0.1) is 0 Å². The van der Waals surface area contributed by atoms with Crippen LogP contribution in [0.1, 0.15) is 213 Å². The standard InChI is InChI=1S/C41H81NO5/c1-3-5-7-9-11-13-15-17-18-19-20-21-22-24-26-28-30-32-34-39(45)41(47)42-37(36-43)35-40(46)38(44)33-31-29-27-25-23-16-14-12-10-8-6-4-2/h25,27,37-40,43-46H,3-24,26,28-36H2,1-2H3,(H,42,47). The molecule has 0 saturated heterocycles. The van der Waals surface area contributed by atoms with Crippen LogP contribution in [0.15, 0.2) is 12.2 Å². The van der Waals surface area contributed by atoms with Crippen molar-refractivity contribution in [3.63, 3.8) is 0 Å². The second kappa shape index (κ2) is 36.3. The number of aliphatic hydroxyl groups is 4. The summed E-state index contributed by atoms with van der Waals surface area (Å²) in [4.78, 5) is 12.5. The number of unbranched alkanes of at least 4 members (excludes halogenated alkanes) is 25. The minimum Gasteiger partial charge on any atom is -0.394 e. The number of hydrogen-bond donors (Lipinski definition) is 5. The van der Waals surface area contributed by atoms with Gasteiger partial charge in [-0.15, -0.1) is 0 Å². The van der Waals surface area contributed by atoms with Gasteiger partial charge in [0.2, 0.25) is 5.91 Å². The van der Waals surface area contributed by atoms with Crippen molar-refractivity contribution >= 4 is 5.91 Å². The van der Waals surface area contributed by atoms with Crippen molar-refractivity contribution in [1.82, 2.24) is 5.32 Å². The van der Waals surface area contributed by atoms with E-state index in [2.05, 4.69) is 31.3 Å². The molecular formula is C41H81NO5. The molecular weight excluding hydrogens is 586 g/mol. The molecule has 0 spiro atoms. The molecule has 0 aromatic rings. The van der Waals surface area contributed by atoms with Gasteiger partial charge in [0.15, 0.2) is 0 Å². The van der Waals surface area contributed by atoms with Crippen LogP contribution in [0.5, 0.6) is 0 Å². The molecule has 0 aromatic carbocycles.